The minimum absolute atomic E-state index is 0.407. The summed E-state index contributed by atoms with van der Waals surface area (Å²) in [5.74, 6) is -0.407. The van der Waals surface area contributed by atoms with Crippen molar-refractivity contribution in [2.24, 2.45) is 5.73 Å². The van der Waals surface area contributed by atoms with Crippen LogP contribution >= 0.6 is 0 Å². The van der Waals surface area contributed by atoms with Gasteiger partial charge in [-0.05, 0) is 40.0 Å². The summed E-state index contributed by atoms with van der Waals surface area (Å²) in [6.07, 6.45) is 1.60. The van der Waals surface area contributed by atoms with E-state index in [0.717, 1.165) is 12.8 Å². The topological polar surface area (TPSA) is 90.6 Å². The Morgan fingerprint density at radius 2 is 1.75 bits per heavy atom. The third-order valence-corrected chi connectivity index (χ3v) is 2.11. The van der Waals surface area contributed by atoms with Gasteiger partial charge in [-0.25, -0.2) is 4.79 Å². The average Bonchev–Trinajstić information content (AvgIpc) is 2.37. The van der Waals surface area contributed by atoms with E-state index in [-0.39, 0.29) is 0 Å². The van der Waals surface area contributed by atoms with Crippen molar-refractivity contribution in [3.8, 4) is 0 Å². The number of amides is 1. The molecule has 0 bridgehead atoms. The monoisotopic (exact) mass is 290 g/mol. The van der Waals surface area contributed by atoms with Gasteiger partial charge in [0.05, 0.1) is 7.11 Å². The molecular weight excluding hydrogens is 260 g/mol. The molecule has 0 rings (SSSR count). The zero-order valence-corrected chi connectivity index (χ0v) is 13.6. The smallest absolute Gasteiger partial charge is 0.407 e. The second kappa shape index (κ2) is 11.5. The van der Waals surface area contributed by atoms with Gasteiger partial charge in [0.15, 0.2) is 0 Å². The maximum Gasteiger partial charge on any atom is 0.407 e. The number of alkyl carbamates (subject to hydrolysis) is 1. The molecule has 0 aromatic rings. The molecule has 0 fully saturated rings. The van der Waals surface area contributed by atoms with Crippen molar-refractivity contribution in [2.45, 2.75) is 65.5 Å². The fraction of sp³-hybridized carbons (Fsp3) is 0.857. The number of esters is 1. The number of carbonyl (C=O) groups excluding carboxylic acids is 2. The van der Waals surface area contributed by atoms with Crippen molar-refractivity contribution in [3.63, 3.8) is 0 Å². The van der Waals surface area contributed by atoms with Gasteiger partial charge in [-0.3, -0.25) is 4.79 Å². The van der Waals surface area contributed by atoms with Gasteiger partial charge in [-0.15, -0.1) is 0 Å². The molecule has 20 heavy (non-hydrogen) atoms. The van der Waals surface area contributed by atoms with Crippen molar-refractivity contribution in [1.29, 1.82) is 0 Å². The molecule has 3 N–H and O–H groups in total. The minimum atomic E-state index is -0.587. The summed E-state index contributed by atoms with van der Waals surface area (Å²) in [6, 6.07) is -0.587. The number of unbranched alkanes of at least 4 members (excludes halogenated alkanes) is 1. The van der Waals surface area contributed by atoms with Crippen LogP contribution in [0, 0.1) is 0 Å². The Bertz CT molecular complexity index is 275. The van der Waals surface area contributed by atoms with Gasteiger partial charge in [0.1, 0.15) is 11.6 Å². The molecule has 0 spiro atoms. The summed E-state index contributed by atoms with van der Waals surface area (Å²) in [5, 5.41) is 2.64. The highest BCUT2D eigenvalue weighted by atomic mass is 16.6. The van der Waals surface area contributed by atoms with Crippen molar-refractivity contribution < 1.29 is 19.1 Å². The highest BCUT2D eigenvalue weighted by Crippen LogP contribution is 2.06. The molecule has 6 heteroatoms. The Balaban J connectivity index is 0. The molecule has 1 unspecified atom stereocenters. The molecule has 0 aliphatic heterocycles. The maximum atomic E-state index is 11.3. The van der Waals surface area contributed by atoms with E-state index in [9.17, 15) is 9.59 Å². The second-order valence-corrected chi connectivity index (χ2v) is 5.05. The van der Waals surface area contributed by atoms with Crippen LogP contribution in [-0.4, -0.2) is 37.4 Å². The quantitative estimate of drug-likeness (QED) is 0.578. The Hall–Kier alpha value is -1.30. The first-order chi connectivity index (χ1) is 9.26. The van der Waals surface area contributed by atoms with Crippen LogP contribution in [0.4, 0.5) is 4.79 Å². The molecular formula is C14H30N2O4. The van der Waals surface area contributed by atoms with Crippen LogP contribution in [0.3, 0.4) is 0 Å². The lowest BCUT2D eigenvalue weighted by Crippen LogP contribution is -2.33. The number of methoxy groups -OCH3 is 1. The number of ether oxygens (including phenoxy) is 2. The fourth-order valence-corrected chi connectivity index (χ4v) is 1.26. The van der Waals surface area contributed by atoms with E-state index in [0.29, 0.717) is 13.0 Å². The molecule has 0 saturated carbocycles. The van der Waals surface area contributed by atoms with E-state index in [1.807, 2.05) is 34.6 Å². The molecule has 0 aromatic heterocycles. The lowest BCUT2D eigenvalue weighted by molar-refractivity contribution is -0.142. The largest absolute Gasteiger partial charge is 0.468 e. The summed E-state index contributed by atoms with van der Waals surface area (Å²) in [6.45, 7) is 9.93. The van der Waals surface area contributed by atoms with Gasteiger partial charge >= 0.3 is 12.1 Å². The van der Waals surface area contributed by atoms with E-state index < -0.39 is 23.7 Å². The maximum absolute atomic E-state index is 11.3. The van der Waals surface area contributed by atoms with E-state index in [4.69, 9.17) is 10.5 Å². The zero-order chi connectivity index (χ0) is 16.2. The SMILES string of the molecule is CC.COC(=O)C(N)CCCCNC(=O)OC(C)(C)C. The van der Waals surface area contributed by atoms with Crippen LogP contribution in [0.15, 0.2) is 0 Å². The van der Waals surface area contributed by atoms with E-state index >= 15 is 0 Å². The Morgan fingerprint density at radius 3 is 2.20 bits per heavy atom. The minimum Gasteiger partial charge on any atom is -0.468 e. The van der Waals surface area contributed by atoms with E-state index in [1.165, 1.54) is 7.11 Å². The van der Waals surface area contributed by atoms with Crippen LogP contribution in [-0.2, 0) is 14.3 Å². The molecule has 0 heterocycles. The molecule has 1 atom stereocenters. The number of rotatable bonds is 6. The number of carbonyl (C=O) groups is 2. The third-order valence-electron chi connectivity index (χ3n) is 2.11. The molecule has 6 nitrogen and oxygen atoms in total. The van der Waals surface area contributed by atoms with Gasteiger partial charge in [0.2, 0.25) is 0 Å². The van der Waals surface area contributed by atoms with Crippen LogP contribution in [0.1, 0.15) is 53.9 Å². The predicted octanol–water partition coefficient (Wildman–Crippen LogP) is 2.21. The van der Waals surface area contributed by atoms with Gasteiger partial charge < -0.3 is 20.5 Å². The number of nitrogens with two attached hydrogens (primary N) is 1. The standard InChI is InChI=1S/C12H24N2O4.C2H6/c1-12(2,3)18-11(16)14-8-6-5-7-9(13)10(15)17-4;1-2/h9H,5-8,13H2,1-4H3,(H,14,16);1-2H3. The first kappa shape index (κ1) is 21.0. The first-order valence-corrected chi connectivity index (χ1v) is 7.06. The number of hydrogen-bond donors (Lipinski definition) is 2. The van der Waals surface area contributed by atoms with Crippen LogP contribution in [0.5, 0.6) is 0 Å². The lowest BCUT2D eigenvalue weighted by Gasteiger charge is -2.19. The van der Waals surface area contributed by atoms with Crippen LogP contribution < -0.4 is 11.1 Å². The van der Waals surface area contributed by atoms with Crippen molar-refractivity contribution in [1.82, 2.24) is 5.32 Å². The lowest BCUT2D eigenvalue weighted by atomic mass is 10.1. The van der Waals surface area contributed by atoms with Gasteiger partial charge in [-0.2, -0.15) is 0 Å². The Kier molecular flexibility index (Phi) is 12.1. The van der Waals surface area contributed by atoms with Crippen molar-refractivity contribution >= 4 is 12.1 Å². The zero-order valence-electron chi connectivity index (χ0n) is 13.6. The van der Waals surface area contributed by atoms with E-state index in [2.05, 4.69) is 10.1 Å². The summed E-state index contributed by atoms with van der Waals surface area (Å²) < 4.78 is 9.58. The van der Waals surface area contributed by atoms with Gasteiger partial charge in [-0.1, -0.05) is 13.8 Å². The molecule has 0 saturated heterocycles. The van der Waals surface area contributed by atoms with Crippen molar-refractivity contribution in [3.05, 3.63) is 0 Å². The highest BCUT2D eigenvalue weighted by Gasteiger charge is 2.16. The summed E-state index contributed by atoms with van der Waals surface area (Å²) in [5.41, 5.74) is 5.08. The predicted molar refractivity (Wildman–Crippen MR) is 79.4 cm³/mol. The van der Waals surface area contributed by atoms with Crippen molar-refractivity contribution in [2.75, 3.05) is 13.7 Å². The third kappa shape index (κ3) is 13.1. The summed E-state index contributed by atoms with van der Waals surface area (Å²) in [7, 11) is 1.31. The normalized spacial score (nSPS) is 11.8. The van der Waals surface area contributed by atoms with E-state index in [1.54, 1.807) is 0 Å². The summed E-state index contributed by atoms with van der Waals surface area (Å²) in [4.78, 5) is 22.3. The molecule has 120 valence electrons. The highest BCUT2D eigenvalue weighted by molar-refractivity contribution is 5.75. The molecule has 0 aromatic carbocycles. The Morgan fingerprint density at radius 1 is 1.20 bits per heavy atom. The van der Waals surface area contributed by atoms with Crippen LogP contribution in [0.25, 0.3) is 0 Å². The first-order valence-electron chi connectivity index (χ1n) is 7.06. The number of hydrogen-bond acceptors (Lipinski definition) is 5. The van der Waals surface area contributed by atoms with Gasteiger partial charge in [0, 0.05) is 6.54 Å². The fourth-order valence-electron chi connectivity index (χ4n) is 1.26. The average molecular weight is 290 g/mol. The second-order valence-electron chi connectivity index (χ2n) is 5.05. The Labute approximate surface area is 122 Å². The molecule has 0 aliphatic carbocycles. The van der Waals surface area contributed by atoms with Crippen LogP contribution in [0.2, 0.25) is 0 Å². The molecule has 1 amide bonds. The van der Waals surface area contributed by atoms with Gasteiger partial charge in [0.25, 0.3) is 0 Å². The number of nitrogens with one attached hydrogen (secondary N) is 1. The molecule has 0 radical (unpaired) electrons. The summed E-state index contributed by atoms with van der Waals surface area (Å²) >= 11 is 0. The molecule has 0 aliphatic rings.